The summed E-state index contributed by atoms with van der Waals surface area (Å²) >= 11 is 4.30. The van der Waals surface area contributed by atoms with Gasteiger partial charge in [0.15, 0.2) is 0 Å². The second-order valence-corrected chi connectivity index (χ2v) is 8.97. The van der Waals surface area contributed by atoms with E-state index < -0.39 is 16.1 Å². The molecule has 1 aliphatic rings. The summed E-state index contributed by atoms with van der Waals surface area (Å²) in [6.07, 6.45) is 1.62. The molecule has 1 aliphatic heterocycles. The summed E-state index contributed by atoms with van der Waals surface area (Å²) in [5, 5.41) is 10.8. The van der Waals surface area contributed by atoms with Gasteiger partial charge in [0.25, 0.3) is 16.8 Å². The lowest BCUT2D eigenvalue weighted by Crippen LogP contribution is -2.27. The lowest BCUT2D eigenvalue weighted by atomic mass is 10.1. The number of para-hydroxylation sites is 1. The zero-order valence-electron chi connectivity index (χ0n) is 17.1. The average Bonchev–Trinajstić information content (AvgIpc) is 3.07. The Morgan fingerprint density at radius 1 is 1.03 bits per heavy atom. The number of carbonyl (C=O) groups excluding carboxylic acids is 2. The number of benzene rings is 3. The zero-order chi connectivity index (χ0) is 23.4. The second-order valence-electron chi connectivity index (χ2n) is 7.12. The van der Waals surface area contributed by atoms with E-state index in [1.165, 1.54) is 12.1 Å². The minimum Gasteiger partial charge on any atom is -0.488 e. The molecule has 1 saturated heterocycles. The maximum atomic E-state index is 12.8. The predicted octanol–water partition coefficient (Wildman–Crippen LogP) is 6.17. The van der Waals surface area contributed by atoms with Crippen LogP contribution in [-0.4, -0.2) is 21.0 Å². The van der Waals surface area contributed by atoms with E-state index in [9.17, 15) is 19.7 Å². The van der Waals surface area contributed by atoms with Gasteiger partial charge >= 0.3 is 0 Å². The van der Waals surface area contributed by atoms with Crippen LogP contribution in [0.15, 0.2) is 82.2 Å². The number of ether oxygens (including phenoxy) is 1. The van der Waals surface area contributed by atoms with Gasteiger partial charge in [-0.25, -0.2) is 0 Å². The molecule has 9 heteroatoms. The molecule has 4 rings (SSSR count). The first-order chi connectivity index (χ1) is 15.9. The molecule has 0 aromatic heterocycles. The number of nitro groups is 1. The molecule has 0 spiro atoms. The molecule has 0 radical (unpaired) electrons. The van der Waals surface area contributed by atoms with Gasteiger partial charge in [-0.2, -0.15) is 0 Å². The first-order valence-electron chi connectivity index (χ1n) is 9.86. The minimum absolute atomic E-state index is 0.129. The molecule has 0 atom stereocenters. The molecule has 7 nitrogen and oxygen atoms in total. The lowest BCUT2D eigenvalue weighted by molar-refractivity contribution is -0.385. The molecule has 3 aromatic rings. The molecule has 0 unspecified atom stereocenters. The van der Waals surface area contributed by atoms with E-state index in [-0.39, 0.29) is 17.1 Å². The summed E-state index contributed by atoms with van der Waals surface area (Å²) in [6, 6.07) is 21.2. The normalized spacial score (nSPS) is 14.7. The quantitative estimate of drug-likeness (QED) is 0.208. The highest BCUT2D eigenvalue weighted by molar-refractivity contribution is 9.10. The zero-order valence-corrected chi connectivity index (χ0v) is 19.5. The van der Waals surface area contributed by atoms with Crippen molar-refractivity contribution in [1.82, 2.24) is 4.90 Å². The van der Waals surface area contributed by atoms with Gasteiger partial charge in [-0.1, -0.05) is 54.6 Å². The Kier molecular flexibility index (Phi) is 6.90. The van der Waals surface area contributed by atoms with Crippen LogP contribution in [0.2, 0.25) is 0 Å². The Morgan fingerprint density at radius 3 is 2.48 bits per heavy atom. The van der Waals surface area contributed by atoms with Crippen molar-refractivity contribution in [3.05, 3.63) is 109 Å². The highest BCUT2D eigenvalue weighted by Gasteiger charge is 2.36. The average molecular weight is 525 g/mol. The Balaban J connectivity index is 1.48. The Hall–Kier alpha value is -3.43. The van der Waals surface area contributed by atoms with E-state index in [4.69, 9.17) is 4.74 Å². The first-order valence-corrected chi connectivity index (χ1v) is 11.5. The SMILES string of the molecule is O=C1S/C(=C/c2ccc(OCc3ccccc3)c(Br)c2)C(=O)N1Cc1ccccc1[N+](=O)[O-]. The predicted molar refractivity (Wildman–Crippen MR) is 130 cm³/mol. The fraction of sp³-hybridized carbons (Fsp3) is 0.0833. The van der Waals surface area contributed by atoms with Crippen molar-refractivity contribution in [2.75, 3.05) is 0 Å². The molecule has 1 fully saturated rings. The van der Waals surface area contributed by atoms with E-state index in [1.807, 2.05) is 30.3 Å². The maximum absolute atomic E-state index is 12.8. The van der Waals surface area contributed by atoms with E-state index in [0.29, 0.717) is 28.0 Å². The van der Waals surface area contributed by atoms with Gasteiger partial charge in [-0.3, -0.25) is 24.6 Å². The van der Waals surface area contributed by atoms with Gasteiger partial charge < -0.3 is 4.74 Å². The Bertz CT molecular complexity index is 1260. The van der Waals surface area contributed by atoms with Crippen LogP contribution < -0.4 is 4.74 Å². The van der Waals surface area contributed by atoms with Gasteiger partial charge in [0.1, 0.15) is 12.4 Å². The number of rotatable bonds is 7. The first kappa shape index (κ1) is 22.8. The van der Waals surface area contributed by atoms with Gasteiger partial charge in [0.2, 0.25) is 0 Å². The van der Waals surface area contributed by atoms with Crippen molar-refractivity contribution >= 4 is 50.6 Å². The number of imide groups is 1. The van der Waals surface area contributed by atoms with Crippen LogP contribution in [-0.2, 0) is 17.9 Å². The van der Waals surface area contributed by atoms with Crippen molar-refractivity contribution in [2.45, 2.75) is 13.2 Å². The summed E-state index contributed by atoms with van der Waals surface area (Å²) in [7, 11) is 0. The van der Waals surface area contributed by atoms with Gasteiger partial charge in [0.05, 0.1) is 20.8 Å². The van der Waals surface area contributed by atoms with Crippen LogP contribution in [0.5, 0.6) is 5.75 Å². The van der Waals surface area contributed by atoms with Crippen molar-refractivity contribution in [3.8, 4) is 5.75 Å². The van der Waals surface area contributed by atoms with Crippen molar-refractivity contribution < 1.29 is 19.2 Å². The molecule has 0 N–H and O–H groups in total. The number of nitro benzene ring substituents is 1. The van der Waals surface area contributed by atoms with Crippen molar-refractivity contribution in [2.24, 2.45) is 0 Å². The van der Waals surface area contributed by atoms with Gasteiger partial charge in [0, 0.05) is 11.6 Å². The minimum atomic E-state index is -0.525. The summed E-state index contributed by atoms with van der Waals surface area (Å²) in [4.78, 5) is 37.3. The van der Waals surface area contributed by atoms with E-state index in [2.05, 4.69) is 15.9 Å². The molecular weight excluding hydrogens is 508 g/mol. The lowest BCUT2D eigenvalue weighted by Gasteiger charge is -2.12. The second kappa shape index (κ2) is 10.0. The molecule has 0 bridgehead atoms. The maximum Gasteiger partial charge on any atom is 0.293 e. The van der Waals surface area contributed by atoms with Crippen LogP contribution in [0.3, 0.4) is 0 Å². The van der Waals surface area contributed by atoms with Crippen LogP contribution in [0.1, 0.15) is 16.7 Å². The van der Waals surface area contributed by atoms with Crippen LogP contribution in [0.25, 0.3) is 6.08 Å². The number of thioether (sulfide) groups is 1. The number of halogens is 1. The van der Waals surface area contributed by atoms with Crippen molar-refractivity contribution in [1.29, 1.82) is 0 Å². The number of amides is 2. The highest BCUT2D eigenvalue weighted by atomic mass is 79.9. The fourth-order valence-corrected chi connectivity index (χ4v) is 4.59. The summed E-state index contributed by atoms with van der Waals surface area (Å²) in [6.45, 7) is 0.262. The highest BCUT2D eigenvalue weighted by Crippen LogP contribution is 2.35. The van der Waals surface area contributed by atoms with E-state index in [0.717, 1.165) is 22.2 Å². The monoisotopic (exact) mass is 524 g/mol. The Morgan fingerprint density at radius 2 is 1.76 bits per heavy atom. The number of hydrogen-bond acceptors (Lipinski definition) is 6. The van der Waals surface area contributed by atoms with Gasteiger partial charge in [-0.15, -0.1) is 0 Å². The third-order valence-corrected chi connectivity index (χ3v) is 6.41. The Labute approximate surface area is 202 Å². The van der Waals surface area contributed by atoms with Crippen LogP contribution >= 0.6 is 27.7 Å². The summed E-state index contributed by atoms with van der Waals surface area (Å²) in [5.41, 5.74) is 1.93. The number of carbonyl (C=O) groups is 2. The third-order valence-electron chi connectivity index (χ3n) is 4.88. The molecule has 166 valence electrons. The van der Waals surface area contributed by atoms with E-state index >= 15 is 0 Å². The molecule has 0 saturated carbocycles. The molecule has 33 heavy (non-hydrogen) atoms. The van der Waals surface area contributed by atoms with E-state index in [1.54, 1.807) is 36.4 Å². The number of nitrogens with zero attached hydrogens (tertiary/aromatic N) is 2. The molecule has 1 heterocycles. The topological polar surface area (TPSA) is 89.8 Å². The summed E-state index contributed by atoms with van der Waals surface area (Å²) in [5.74, 6) is 0.171. The largest absolute Gasteiger partial charge is 0.488 e. The van der Waals surface area contributed by atoms with Crippen LogP contribution in [0.4, 0.5) is 10.5 Å². The number of hydrogen-bond donors (Lipinski definition) is 0. The standard InChI is InChI=1S/C24H17BrN2O5S/c25-19-12-17(10-11-21(19)32-15-16-6-2-1-3-7-16)13-22-23(28)26(24(29)33-22)14-18-8-4-5-9-20(18)27(30)31/h1-13H,14-15H2/b22-13+. The van der Waals surface area contributed by atoms with Gasteiger partial charge in [-0.05, 0) is 57.0 Å². The van der Waals surface area contributed by atoms with Crippen molar-refractivity contribution in [3.63, 3.8) is 0 Å². The fourth-order valence-electron chi connectivity index (χ4n) is 3.24. The molecule has 3 aromatic carbocycles. The summed E-state index contributed by atoms with van der Waals surface area (Å²) < 4.78 is 6.56. The molecule has 0 aliphatic carbocycles. The third kappa shape index (κ3) is 5.32. The molecular formula is C24H17BrN2O5S. The molecule has 2 amide bonds. The smallest absolute Gasteiger partial charge is 0.293 e. The van der Waals surface area contributed by atoms with Crippen LogP contribution in [0, 0.1) is 10.1 Å².